The van der Waals surface area contributed by atoms with E-state index in [0.29, 0.717) is 19.0 Å². The average Bonchev–Trinajstić information content (AvgIpc) is 3.52. The van der Waals surface area contributed by atoms with Crippen LogP contribution in [0.4, 0.5) is 5.82 Å². The van der Waals surface area contributed by atoms with E-state index in [0.717, 1.165) is 57.1 Å². The van der Waals surface area contributed by atoms with Crippen LogP contribution in [0.25, 0.3) is 0 Å². The van der Waals surface area contributed by atoms with E-state index in [4.69, 9.17) is 4.99 Å². The highest BCUT2D eigenvalue weighted by atomic mass is 16.2. The normalized spacial score (nSPS) is 23.0. The van der Waals surface area contributed by atoms with Gasteiger partial charge in [0.25, 0.3) is 0 Å². The number of hydrogen-bond donors (Lipinski definition) is 2. The zero-order valence-electron chi connectivity index (χ0n) is 19.5. The largest absolute Gasteiger partial charge is 0.357 e. The van der Waals surface area contributed by atoms with E-state index in [1.54, 1.807) is 0 Å². The van der Waals surface area contributed by atoms with Crippen LogP contribution >= 0.6 is 0 Å². The number of nitrogens with zero attached hydrogens (tertiary/aromatic N) is 5. The minimum absolute atomic E-state index is 0.193. The van der Waals surface area contributed by atoms with Crippen LogP contribution in [0.15, 0.2) is 29.4 Å². The summed E-state index contributed by atoms with van der Waals surface area (Å²) in [6.45, 7) is 8.88. The van der Waals surface area contributed by atoms with E-state index in [2.05, 4.69) is 32.3 Å². The fraction of sp³-hybridized carbons (Fsp3) is 0.708. The first-order valence-corrected chi connectivity index (χ1v) is 12.5. The number of carbonyl (C=O) groups is 1. The highest BCUT2D eigenvalue weighted by Gasteiger charge is 2.30. The van der Waals surface area contributed by atoms with E-state index in [1.165, 1.54) is 38.6 Å². The second kappa shape index (κ2) is 11.5. The molecule has 4 rings (SSSR count). The Balaban J connectivity index is 1.19. The van der Waals surface area contributed by atoms with Gasteiger partial charge in [-0.1, -0.05) is 18.9 Å². The molecule has 2 N–H and O–H groups in total. The molecular weight excluding hydrogens is 402 g/mol. The van der Waals surface area contributed by atoms with Crippen molar-refractivity contribution in [2.75, 3.05) is 57.3 Å². The van der Waals surface area contributed by atoms with Crippen LogP contribution in [-0.4, -0.2) is 91.1 Å². The molecule has 8 heteroatoms. The number of nitrogens with one attached hydrogen (secondary N) is 2. The number of likely N-dealkylation sites (tertiary alicyclic amines) is 1. The lowest BCUT2D eigenvalue weighted by Crippen LogP contribution is -2.49. The molecule has 32 heavy (non-hydrogen) atoms. The quantitative estimate of drug-likeness (QED) is 0.495. The fourth-order valence-electron chi connectivity index (χ4n) is 5.17. The number of piperazine rings is 1. The number of carbonyl (C=O) groups excluding carboxylic acids is 1. The molecule has 3 aliphatic rings. The van der Waals surface area contributed by atoms with Crippen molar-refractivity contribution in [1.29, 1.82) is 0 Å². The lowest BCUT2D eigenvalue weighted by Gasteiger charge is -2.35. The average molecular weight is 442 g/mol. The van der Waals surface area contributed by atoms with Gasteiger partial charge in [0.2, 0.25) is 5.91 Å². The van der Waals surface area contributed by atoms with Crippen LogP contribution in [0.2, 0.25) is 0 Å². The Morgan fingerprint density at radius 1 is 1.12 bits per heavy atom. The summed E-state index contributed by atoms with van der Waals surface area (Å²) in [7, 11) is 0. The van der Waals surface area contributed by atoms with Gasteiger partial charge in [0.15, 0.2) is 5.96 Å². The molecule has 0 bridgehead atoms. The Hall–Kier alpha value is -2.35. The predicted molar refractivity (Wildman–Crippen MR) is 129 cm³/mol. The monoisotopic (exact) mass is 441 g/mol. The van der Waals surface area contributed by atoms with Crippen LogP contribution in [0, 0.1) is 0 Å². The first kappa shape index (κ1) is 22.8. The molecule has 1 aromatic rings. The Morgan fingerprint density at radius 3 is 2.66 bits per heavy atom. The zero-order chi connectivity index (χ0) is 22.2. The van der Waals surface area contributed by atoms with Crippen molar-refractivity contribution < 1.29 is 4.79 Å². The third kappa shape index (κ3) is 6.12. The molecule has 1 aromatic heterocycles. The third-order valence-corrected chi connectivity index (χ3v) is 6.95. The van der Waals surface area contributed by atoms with Gasteiger partial charge in [-0.3, -0.25) is 14.7 Å². The molecule has 1 amide bonds. The minimum Gasteiger partial charge on any atom is -0.357 e. The highest BCUT2D eigenvalue weighted by molar-refractivity contribution is 5.81. The highest BCUT2D eigenvalue weighted by Crippen LogP contribution is 2.26. The molecule has 0 spiro atoms. The number of aromatic nitrogens is 1. The van der Waals surface area contributed by atoms with Crippen molar-refractivity contribution >= 4 is 17.7 Å². The zero-order valence-corrected chi connectivity index (χ0v) is 19.5. The molecule has 3 heterocycles. The standard InChI is InChI=1S/C24H39N7O/c1-2-25-24(28-20-11-14-31(19-20)21-7-3-4-8-21)27-13-10-23(32)30-17-15-29(16-18-30)22-9-5-6-12-26-22/h5-6,9,12,20-21H,2-4,7-8,10-11,13-19H2,1H3,(H2,25,27,28). The molecule has 2 saturated heterocycles. The molecule has 0 radical (unpaired) electrons. The maximum atomic E-state index is 12.7. The minimum atomic E-state index is 0.193. The smallest absolute Gasteiger partial charge is 0.224 e. The first-order chi connectivity index (χ1) is 15.7. The van der Waals surface area contributed by atoms with Crippen LogP contribution in [0.1, 0.15) is 45.4 Å². The number of anilines is 1. The molecule has 3 fully saturated rings. The van der Waals surface area contributed by atoms with Crippen molar-refractivity contribution in [3.8, 4) is 0 Å². The van der Waals surface area contributed by atoms with Crippen LogP contribution in [0.5, 0.6) is 0 Å². The van der Waals surface area contributed by atoms with Gasteiger partial charge in [0, 0.05) is 70.5 Å². The number of rotatable bonds is 7. The van der Waals surface area contributed by atoms with Gasteiger partial charge < -0.3 is 20.4 Å². The van der Waals surface area contributed by atoms with Crippen LogP contribution in [0.3, 0.4) is 0 Å². The molecule has 176 valence electrons. The number of aliphatic imine (C=N–C) groups is 1. The Morgan fingerprint density at radius 2 is 1.94 bits per heavy atom. The molecule has 2 aliphatic heterocycles. The van der Waals surface area contributed by atoms with Crippen LogP contribution in [-0.2, 0) is 4.79 Å². The summed E-state index contributed by atoms with van der Waals surface area (Å²) >= 11 is 0. The van der Waals surface area contributed by atoms with E-state index in [9.17, 15) is 4.79 Å². The first-order valence-electron chi connectivity index (χ1n) is 12.5. The van der Waals surface area contributed by atoms with Crippen molar-refractivity contribution in [2.24, 2.45) is 4.99 Å². The molecular formula is C24H39N7O. The van der Waals surface area contributed by atoms with E-state index in [1.807, 2.05) is 29.3 Å². The lowest BCUT2D eigenvalue weighted by molar-refractivity contribution is -0.131. The molecule has 1 aliphatic carbocycles. The maximum Gasteiger partial charge on any atom is 0.224 e. The fourth-order valence-corrected chi connectivity index (χ4v) is 5.17. The Bertz CT molecular complexity index is 742. The van der Waals surface area contributed by atoms with Gasteiger partial charge >= 0.3 is 0 Å². The van der Waals surface area contributed by atoms with Crippen molar-refractivity contribution in [3.05, 3.63) is 24.4 Å². The third-order valence-electron chi connectivity index (χ3n) is 6.95. The summed E-state index contributed by atoms with van der Waals surface area (Å²) in [4.78, 5) is 28.7. The van der Waals surface area contributed by atoms with Crippen molar-refractivity contribution in [3.63, 3.8) is 0 Å². The predicted octanol–water partition coefficient (Wildman–Crippen LogP) is 1.69. The number of guanidine groups is 1. The molecule has 1 saturated carbocycles. The summed E-state index contributed by atoms with van der Waals surface area (Å²) in [5.74, 6) is 2.03. The second-order valence-corrected chi connectivity index (χ2v) is 9.13. The maximum absolute atomic E-state index is 12.7. The number of hydrogen-bond acceptors (Lipinski definition) is 5. The molecule has 1 unspecified atom stereocenters. The van der Waals surface area contributed by atoms with Gasteiger partial charge in [-0.2, -0.15) is 0 Å². The molecule has 0 aromatic carbocycles. The Kier molecular flexibility index (Phi) is 8.20. The number of pyridine rings is 1. The second-order valence-electron chi connectivity index (χ2n) is 9.13. The van der Waals surface area contributed by atoms with E-state index in [-0.39, 0.29) is 5.91 Å². The van der Waals surface area contributed by atoms with E-state index >= 15 is 0 Å². The topological polar surface area (TPSA) is 76.1 Å². The Labute approximate surface area is 192 Å². The van der Waals surface area contributed by atoms with Gasteiger partial charge in [0.05, 0.1) is 6.54 Å². The summed E-state index contributed by atoms with van der Waals surface area (Å²) in [5, 5.41) is 6.96. The summed E-state index contributed by atoms with van der Waals surface area (Å²) in [5.41, 5.74) is 0. The summed E-state index contributed by atoms with van der Waals surface area (Å²) in [6.07, 6.45) is 8.93. The van der Waals surface area contributed by atoms with Crippen molar-refractivity contribution in [1.82, 2.24) is 25.4 Å². The van der Waals surface area contributed by atoms with Crippen molar-refractivity contribution in [2.45, 2.75) is 57.5 Å². The lowest BCUT2D eigenvalue weighted by atomic mass is 10.2. The SMILES string of the molecule is CCNC(=NCCC(=O)N1CCN(c2ccccn2)CC1)NC1CCN(C2CCCC2)C1. The molecule has 8 nitrogen and oxygen atoms in total. The van der Waals surface area contributed by atoms with E-state index < -0.39 is 0 Å². The molecule has 1 atom stereocenters. The van der Waals surface area contributed by atoms with Gasteiger partial charge in [0.1, 0.15) is 5.82 Å². The summed E-state index contributed by atoms with van der Waals surface area (Å²) in [6, 6.07) is 7.20. The summed E-state index contributed by atoms with van der Waals surface area (Å²) < 4.78 is 0. The van der Waals surface area contributed by atoms with Gasteiger partial charge in [-0.25, -0.2) is 4.98 Å². The van der Waals surface area contributed by atoms with Crippen LogP contribution < -0.4 is 15.5 Å². The van der Waals surface area contributed by atoms with Gasteiger partial charge in [-0.15, -0.1) is 0 Å². The number of amides is 1. The van der Waals surface area contributed by atoms with Gasteiger partial charge in [-0.05, 0) is 38.3 Å².